The van der Waals surface area contributed by atoms with Crippen molar-refractivity contribution in [3.05, 3.63) is 24.8 Å². The first-order chi connectivity index (χ1) is 8.83. The largest absolute Gasteiger partial charge is 0.370 e. The smallest absolute Gasteiger partial charge is 0.187 e. The van der Waals surface area contributed by atoms with Gasteiger partial charge in [0.1, 0.15) is 12.1 Å². The van der Waals surface area contributed by atoms with Crippen molar-refractivity contribution in [3.8, 4) is 11.3 Å². The molecule has 5 nitrogen and oxygen atoms in total. The van der Waals surface area contributed by atoms with Crippen molar-refractivity contribution >= 4 is 17.6 Å². The molecule has 0 aliphatic heterocycles. The number of nitrogens with one attached hydrogen (secondary N) is 1. The van der Waals surface area contributed by atoms with Crippen LogP contribution >= 0.6 is 11.8 Å². The summed E-state index contributed by atoms with van der Waals surface area (Å²) in [5.74, 6) is 0.829. The van der Waals surface area contributed by atoms with Gasteiger partial charge < -0.3 is 5.32 Å². The predicted octanol–water partition coefficient (Wildman–Crippen LogP) is 2.48. The van der Waals surface area contributed by atoms with Gasteiger partial charge in [0.15, 0.2) is 5.16 Å². The first-order valence-electron chi connectivity index (χ1n) is 5.75. The van der Waals surface area contributed by atoms with Gasteiger partial charge in [0.2, 0.25) is 0 Å². The Bertz CT molecular complexity index is 500. The van der Waals surface area contributed by atoms with Crippen LogP contribution < -0.4 is 5.32 Å². The van der Waals surface area contributed by atoms with E-state index in [1.165, 1.54) is 11.8 Å². The molecule has 0 atom stereocenters. The molecule has 0 bridgehead atoms. The van der Waals surface area contributed by atoms with Crippen LogP contribution in [0.1, 0.15) is 13.3 Å². The summed E-state index contributed by atoms with van der Waals surface area (Å²) in [5, 5.41) is 3.99. The minimum absolute atomic E-state index is 0.761. The molecule has 2 heterocycles. The molecule has 0 radical (unpaired) electrons. The monoisotopic (exact) mass is 261 g/mol. The fraction of sp³-hybridized carbons (Fsp3) is 0.333. The maximum absolute atomic E-state index is 4.24. The Morgan fingerprint density at radius 3 is 2.61 bits per heavy atom. The first-order valence-corrected chi connectivity index (χ1v) is 6.98. The molecule has 0 amide bonds. The van der Waals surface area contributed by atoms with Gasteiger partial charge in [-0.2, -0.15) is 0 Å². The second-order valence-electron chi connectivity index (χ2n) is 3.67. The fourth-order valence-electron chi connectivity index (χ4n) is 1.42. The average Bonchev–Trinajstić information content (AvgIpc) is 2.45. The highest BCUT2D eigenvalue weighted by molar-refractivity contribution is 7.98. The van der Waals surface area contributed by atoms with E-state index in [1.807, 2.05) is 12.3 Å². The topological polar surface area (TPSA) is 63.6 Å². The van der Waals surface area contributed by atoms with Gasteiger partial charge in [-0.3, -0.25) is 0 Å². The Morgan fingerprint density at radius 1 is 1.17 bits per heavy atom. The molecule has 0 fully saturated rings. The van der Waals surface area contributed by atoms with Crippen LogP contribution in [0, 0.1) is 0 Å². The van der Waals surface area contributed by atoms with Gasteiger partial charge >= 0.3 is 0 Å². The maximum Gasteiger partial charge on any atom is 0.187 e. The minimum atomic E-state index is 0.761. The molecule has 0 spiro atoms. The van der Waals surface area contributed by atoms with Crippen molar-refractivity contribution in [2.45, 2.75) is 18.5 Å². The molecule has 0 unspecified atom stereocenters. The van der Waals surface area contributed by atoms with E-state index in [0.717, 1.165) is 35.2 Å². The maximum atomic E-state index is 4.24. The summed E-state index contributed by atoms with van der Waals surface area (Å²) < 4.78 is 0. The van der Waals surface area contributed by atoms with Crippen LogP contribution in [0.25, 0.3) is 11.3 Å². The van der Waals surface area contributed by atoms with E-state index in [2.05, 4.69) is 32.2 Å². The summed E-state index contributed by atoms with van der Waals surface area (Å²) in [6.45, 7) is 3.02. The van der Waals surface area contributed by atoms with E-state index in [0.29, 0.717) is 0 Å². The summed E-state index contributed by atoms with van der Waals surface area (Å²) in [6, 6.07) is 1.91. The Labute approximate surface area is 110 Å². The van der Waals surface area contributed by atoms with Crippen molar-refractivity contribution in [1.29, 1.82) is 0 Å². The van der Waals surface area contributed by atoms with E-state index in [9.17, 15) is 0 Å². The quantitative estimate of drug-likeness (QED) is 0.659. The van der Waals surface area contributed by atoms with Gasteiger partial charge in [-0.15, -0.1) is 0 Å². The lowest BCUT2D eigenvalue weighted by Gasteiger charge is -2.05. The van der Waals surface area contributed by atoms with Crippen LogP contribution in [0.5, 0.6) is 0 Å². The SMILES string of the molecule is CCCNc1cc(-c2cnc(SC)nc2)ncn1. The molecule has 2 rings (SSSR count). The van der Waals surface area contributed by atoms with E-state index in [4.69, 9.17) is 0 Å². The van der Waals surface area contributed by atoms with Crippen LogP contribution in [-0.2, 0) is 0 Å². The molecule has 6 heteroatoms. The van der Waals surface area contributed by atoms with Gasteiger partial charge in [0, 0.05) is 30.6 Å². The number of rotatable bonds is 5. The molecular formula is C12H15N5S. The highest BCUT2D eigenvalue weighted by Crippen LogP contribution is 2.18. The van der Waals surface area contributed by atoms with E-state index >= 15 is 0 Å². The van der Waals surface area contributed by atoms with Gasteiger partial charge in [-0.05, 0) is 12.7 Å². The zero-order valence-electron chi connectivity index (χ0n) is 10.4. The fourth-order valence-corrected chi connectivity index (χ4v) is 1.74. The number of hydrogen-bond acceptors (Lipinski definition) is 6. The average molecular weight is 261 g/mol. The lowest BCUT2D eigenvalue weighted by Crippen LogP contribution is -2.02. The molecule has 2 aromatic heterocycles. The molecule has 94 valence electrons. The Balaban J connectivity index is 2.20. The molecule has 0 aliphatic rings. The van der Waals surface area contributed by atoms with Crippen molar-refractivity contribution < 1.29 is 0 Å². The number of thioether (sulfide) groups is 1. The van der Waals surface area contributed by atoms with Crippen molar-refractivity contribution in [2.24, 2.45) is 0 Å². The Hall–Kier alpha value is -1.69. The number of aromatic nitrogens is 4. The van der Waals surface area contributed by atoms with E-state index in [-0.39, 0.29) is 0 Å². The molecule has 1 N–H and O–H groups in total. The van der Waals surface area contributed by atoms with Crippen LogP contribution in [0.15, 0.2) is 29.9 Å². The molecule has 0 saturated carbocycles. The van der Waals surface area contributed by atoms with Crippen LogP contribution in [-0.4, -0.2) is 32.7 Å². The molecule has 0 aromatic carbocycles. The molecular weight excluding hydrogens is 246 g/mol. The second-order valence-corrected chi connectivity index (χ2v) is 4.45. The summed E-state index contributed by atoms with van der Waals surface area (Å²) in [5.41, 5.74) is 1.73. The summed E-state index contributed by atoms with van der Waals surface area (Å²) in [6.07, 6.45) is 8.13. The summed E-state index contributed by atoms with van der Waals surface area (Å²) in [7, 11) is 0. The van der Waals surface area contributed by atoms with Gasteiger partial charge in [0.05, 0.1) is 5.69 Å². The molecule has 2 aromatic rings. The number of anilines is 1. The Kier molecular flexibility index (Phi) is 4.46. The van der Waals surface area contributed by atoms with E-state index in [1.54, 1.807) is 18.7 Å². The van der Waals surface area contributed by atoms with Gasteiger partial charge in [-0.25, -0.2) is 19.9 Å². The summed E-state index contributed by atoms with van der Waals surface area (Å²) >= 11 is 1.52. The lowest BCUT2D eigenvalue weighted by molar-refractivity contribution is 0.960. The van der Waals surface area contributed by atoms with Crippen LogP contribution in [0.4, 0.5) is 5.82 Å². The summed E-state index contributed by atoms with van der Waals surface area (Å²) in [4.78, 5) is 16.9. The molecule has 0 saturated heterocycles. The lowest BCUT2D eigenvalue weighted by atomic mass is 10.2. The third kappa shape index (κ3) is 3.16. The van der Waals surface area contributed by atoms with Gasteiger partial charge in [-0.1, -0.05) is 18.7 Å². The second kappa shape index (κ2) is 6.30. The minimum Gasteiger partial charge on any atom is -0.370 e. The van der Waals surface area contributed by atoms with Gasteiger partial charge in [0.25, 0.3) is 0 Å². The van der Waals surface area contributed by atoms with Crippen LogP contribution in [0.2, 0.25) is 0 Å². The third-order valence-electron chi connectivity index (χ3n) is 2.33. The standard InChI is InChI=1S/C12H15N5S/c1-3-4-13-11-5-10(16-8-17-11)9-6-14-12(18-2)15-7-9/h5-8H,3-4H2,1-2H3,(H,13,16,17). The van der Waals surface area contributed by atoms with E-state index < -0.39 is 0 Å². The van der Waals surface area contributed by atoms with Crippen molar-refractivity contribution in [2.75, 3.05) is 18.1 Å². The van der Waals surface area contributed by atoms with Crippen molar-refractivity contribution in [1.82, 2.24) is 19.9 Å². The number of hydrogen-bond donors (Lipinski definition) is 1. The van der Waals surface area contributed by atoms with Crippen LogP contribution in [0.3, 0.4) is 0 Å². The zero-order valence-corrected chi connectivity index (χ0v) is 11.2. The number of nitrogens with zero attached hydrogens (tertiary/aromatic N) is 4. The Morgan fingerprint density at radius 2 is 1.94 bits per heavy atom. The zero-order chi connectivity index (χ0) is 12.8. The third-order valence-corrected chi connectivity index (χ3v) is 2.91. The predicted molar refractivity (Wildman–Crippen MR) is 73.6 cm³/mol. The molecule has 0 aliphatic carbocycles. The molecule has 18 heavy (non-hydrogen) atoms. The highest BCUT2D eigenvalue weighted by Gasteiger charge is 2.03. The normalized spacial score (nSPS) is 10.3. The first kappa shape index (κ1) is 12.8. The highest BCUT2D eigenvalue weighted by atomic mass is 32.2. The van der Waals surface area contributed by atoms with Crippen molar-refractivity contribution in [3.63, 3.8) is 0 Å².